The summed E-state index contributed by atoms with van der Waals surface area (Å²) < 4.78 is 0. The predicted molar refractivity (Wildman–Crippen MR) is 72.2 cm³/mol. The smallest absolute Gasteiger partial charge is 0.222 e. The van der Waals surface area contributed by atoms with Crippen LogP contribution in [-0.2, 0) is 0 Å². The summed E-state index contributed by atoms with van der Waals surface area (Å²) in [5.41, 5.74) is 0.993. The van der Waals surface area contributed by atoms with Crippen LogP contribution in [0.4, 0.5) is 5.95 Å². The molecule has 1 aromatic rings. The second kappa shape index (κ2) is 6.55. The number of anilines is 1. The van der Waals surface area contributed by atoms with Crippen molar-refractivity contribution in [3.63, 3.8) is 0 Å². The summed E-state index contributed by atoms with van der Waals surface area (Å²) >= 11 is 0. The molecule has 1 N–H and O–H groups in total. The number of rotatable bonds is 6. The van der Waals surface area contributed by atoms with E-state index >= 15 is 0 Å². The Bertz CT molecular complexity index is 328. The minimum Gasteiger partial charge on any atom is -0.353 e. The summed E-state index contributed by atoms with van der Waals surface area (Å²) in [6, 6.07) is 3.03. The molecule has 0 bridgehead atoms. The lowest BCUT2D eigenvalue weighted by Crippen LogP contribution is -2.40. The van der Waals surface area contributed by atoms with Gasteiger partial charge in [0.2, 0.25) is 5.95 Å². The number of nitrogens with zero attached hydrogens (tertiary/aromatic N) is 3. The van der Waals surface area contributed by atoms with Crippen LogP contribution in [0.15, 0.2) is 12.3 Å². The molecule has 0 saturated heterocycles. The lowest BCUT2D eigenvalue weighted by atomic mass is 10.2. The van der Waals surface area contributed by atoms with Crippen LogP contribution in [0.5, 0.6) is 0 Å². The molecule has 0 aliphatic heterocycles. The van der Waals surface area contributed by atoms with Gasteiger partial charge in [-0.3, -0.25) is 4.90 Å². The summed E-state index contributed by atoms with van der Waals surface area (Å²) in [6.07, 6.45) is 1.79. The first-order valence-electron chi connectivity index (χ1n) is 6.30. The van der Waals surface area contributed by atoms with E-state index in [1.165, 1.54) is 0 Å². The zero-order valence-electron chi connectivity index (χ0n) is 11.6. The van der Waals surface area contributed by atoms with E-state index in [1.54, 1.807) is 6.20 Å². The van der Waals surface area contributed by atoms with Crippen molar-refractivity contribution in [1.29, 1.82) is 0 Å². The highest BCUT2D eigenvalue weighted by atomic mass is 15.2. The fourth-order valence-corrected chi connectivity index (χ4v) is 1.94. The first kappa shape index (κ1) is 13.9. The molecule has 0 saturated carbocycles. The Balaban J connectivity index is 2.41. The summed E-state index contributed by atoms with van der Waals surface area (Å²) in [7, 11) is 0. The second-order valence-corrected chi connectivity index (χ2v) is 4.87. The van der Waals surface area contributed by atoms with Crippen LogP contribution < -0.4 is 5.32 Å². The number of hydrogen-bond donors (Lipinski definition) is 1. The quantitative estimate of drug-likeness (QED) is 0.823. The molecule has 0 atom stereocenters. The van der Waals surface area contributed by atoms with Crippen LogP contribution in [0.2, 0.25) is 0 Å². The monoisotopic (exact) mass is 236 g/mol. The zero-order valence-corrected chi connectivity index (χ0v) is 11.6. The third-order valence-electron chi connectivity index (χ3n) is 2.77. The Morgan fingerprint density at radius 1 is 1.24 bits per heavy atom. The molecule has 0 unspecified atom stereocenters. The van der Waals surface area contributed by atoms with Crippen LogP contribution in [0.1, 0.15) is 33.4 Å². The Morgan fingerprint density at radius 2 is 1.88 bits per heavy atom. The number of hydrogen-bond acceptors (Lipinski definition) is 4. The van der Waals surface area contributed by atoms with E-state index in [0.29, 0.717) is 12.1 Å². The van der Waals surface area contributed by atoms with Gasteiger partial charge in [0.25, 0.3) is 0 Å². The van der Waals surface area contributed by atoms with Crippen molar-refractivity contribution >= 4 is 5.95 Å². The largest absolute Gasteiger partial charge is 0.353 e. The summed E-state index contributed by atoms with van der Waals surface area (Å²) in [5, 5.41) is 3.26. The maximum atomic E-state index is 4.32. The van der Waals surface area contributed by atoms with Crippen LogP contribution >= 0.6 is 0 Å². The molecular weight excluding hydrogens is 212 g/mol. The highest BCUT2D eigenvalue weighted by Crippen LogP contribution is 2.04. The molecular formula is C13H24N4. The SMILES string of the molecule is Cc1ccnc(NCCN(C(C)C)C(C)C)n1. The lowest BCUT2D eigenvalue weighted by molar-refractivity contribution is 0.182. The standard InChI is InChI=1S/C13H24N4/c1-10(2)17(11(3)4)9-8-15-13-14-7-6-12(5)16-13/h6-7,10-11H,8-9H2,1-5H3,(H,14,15,16). The molecule has 4 heteroatoms. The number of nitrogens with one attached hydrogen (secondary N) is 1. The first-order chi connectivity index (χ1) is 8.00. The third-order valence-corrected chi connectivity index (χ3v) is 2.77. The molecule has 96 valence electrons. The highest BCUT2D eigenvalue weighted by Gasteiger charge is 2.12. The van der Waals surface area contributed by atoms with E-state index in [2.05, 4.69) is 47.9 Å². The van der Waals surface area contributed by atoms with E-state index < -0.39 is 0 Å². The third kappa shape index (κ3) is 4.69. The van der Waals surface area contributed by atoms with E-state index in [9.17, 15) is 0 Å². The maximum Gasteiger partial charge on any atom is 0.222 e. The van der Waals surface area contributed by atoms with Gasteiger partial charge in [0.05, 0.1) is 0 Å². The van der Waals surface area contributed by atoms with Crippen molar-refractivity contribution in [1.82, 2.24) is 14.9 Å². The van der Waals surface area contributed by atoms with Gasteiger partial charge < -0.3 is 5.32 Å². The van der Waals surface area contributed by atoms with Gasteiger partial charge in [-0.2, -0.15) is 0 Å². The second-order valence-electron chi connectivity index (χ2n) is 4.87. The summed E-state index contributed by atoms with van der Waals surface area (Å²) in [4.78, 5) is 11.0. The van der Waals surface area contributed by atoms with Gasteiger partial charge in [0.15, 0.2) is 0 Å². The van der Waals surface area contributed by atoms with E-state index in [-0.39, 0.29) is 0 Å². The highest BCUT2D eigenvalue weighted by molar-refractivity contribution is 5.24. The summed E-state index contributed by atoms with van der Waals surface area (Å²) in [5.74, 6) is 0.720. The van der Waals surface area contributed by atoms with Crippen molar-refractivity contribution < 1.29 is 0 Å². The van der Waals surface area contributed by atoms with Crippen LogP contribution in [0.25, 0.3) is 0 Å². The van der Waals surface area contributed by atoms with E-state index in [1.807, 2.05) is 13.0 Å². The van der Waals surface area contributed by atoms with Crippen LogP contribution in [0, 0.1) is 6.92 Å². The van der Waals surface area contributed by atoms with Gasteiger partial charge in [0, 0.05) is 37.1 Å². The van der Waals surface area contributed by atoms with Crippen molar-refractivity contribution in [2.45, 2.75) is 46.7 Å². The van der Waals surface area contributed by atoms with Gasteiger partial charge in [-0.25, -0.2) is 9.97 Å². The average Bonchev–Trinajstić information content (AvgIpc) is 2.23. The first-order valence-corrected chi connectivity index (χ1v) is 6.30. The molecule has 17 heavy (non-hydrogen) atoms. The number of aryl methyl sites for hydroxylation is 1. The molecule has 1 heterocycles. The Hall–Kier alpha value is -1.16. The Labute approximate surface area is 104 Å². The van der Waals surface area contributed by atoms with Crippen molar-refractivity contribution in [2.24, 2.45) is 0 Å². The van der Waals surface area contributed by atoms with Gasteiger partial charge >= 0.3 is 0 Å². The summed E-state index contributed by atoms with van der Waals surface area (Å²) in [6.45, 7) is 12.8. The van der Waals surface area contributed by atoms with Crippen LogP contribution in [0.3, 0.4) is 0 Å². The van der Waals surface area contributed by atoms with Crippen molar-refractivity contribution in [2.75, 3.05) is 18.4 Å². The lowest BCUT2D eigenvalue weighted by Gasteiger charge is -2.30. The molecule has 0 aliphatic carbocycles. The Kier molecular flexibility index (Phi) is 5.35. The van der Waals surface area contributed by atoms with E-state index in [4.69, 9.17) is 0 Å². The van der Waals surface area contributed by atoms with Crippen molar-refractivity contribution in [3.8, 4) is 0 Å². The molecule has 1 aromatic heterocycles. The molecule has 0 radical (unpaired) electrons. The molecule has 0 amide bonds. The Morgan fingerprint density at radius 3 is 2.41 bits per heavy atom. The fourth-order valence-electron chi connectivity index (χ4n) is 1.94. The van der Waals surface area contributed by atoms with Gasteiger partial charge in [-0.15, -0.1) is 0 Å². The minimum atomic E-state index is 0.565. The number of aromatic nitrogens is 2. The minimum absolute atomic E-state index is 0.565. The molecule has 1 rings (SSSR count). The zero-order chi connectivity index (χ0) is 12.8. The van der Waals surface area contributed by atoms with E-state index in [0.717, 1.165) is 24.7 Å². The topological polar surface area (TPSA) is 41.1 Å². The molecule has 0 aromatic carbocycles. The molecule has 4 nitrogen and oxygen atoms in total. The molecule has 0 fully saturated rings. The van der Waals surface area contributed by atoms with Crippen LogP contribution in [-0.4, -0.2) is 40.0 Å². The molecule has 0 spiro atoms. The van der Waals surface area contributed by atoms with Crippen molar-refractivity contribution in [3.05, 3.63) is 18.0 Å². The normalized spacial score (nSPS) is 11.5. The van der Waals surface area contributed by atoms with Gasteiger partial charge in [-0.1, -0.05) is 0 Å². The fraction of sp³-hybridized carbons (Fsp3) is 0.692. The average molecular weight is 236 g/mol. The van der Waals surface area contributed by atoms with Gasteiger partial charge in [-0.05, 0) is 40.7 Å². The predicted octanol–water partition coefficient (Wildman–Crippen LogP) is 2.32. The molecule has 0 aliphatic rings. The maximum absolute atomic E-state index is 4.32. The van der Waals surface area contributed by atoms with Gasteiger partial charge in [0.1, 0.15) is 0 Å².